The number of esters is 1. The maximum absolute atomic E-state index is 13.2. The van der Waals surface area contributed by atoms with Gasteiger partial charge in [-0.25, -0.2) is 9.67 Å². The van der Waals surface area contributed by atoms with E-state index in [4.69, 9.17) is 4.74 Å². The second-order valence-corrected chi connectivity index (χ2v) is 7.47. The molecular formula is C25H24N4O3. The number of pyridine rings is 1. The number of amides is 1. The highest BCUT2D eigenvalue weighted by Gasteiger charge is 2.28. The number of benzene rings is 1. The molecule has 0 N–H and O–H groups in total. The normalized spacial score (nSPS) is 13.8. The van der Waals surface area contributed by atoms with Gasteiger partial charge in [-0.15, -0.1) is 0 Å². The molecule has 0 saturated carbocycles. The van der Waals surface area contributed by atoms with Crippen molar-refractivity contribution in [2.24, 2.45) is 5.92 Å². The first-order chi connectivity index (χ1) is 15.7. The van der Waals surface area contributed by atoms with Gasteiger partial charge in [0.25, 0.3) is 5.91 Å². The van der Waals surface area contributed by atoms with Crippen molar-refractivity contribution in [1.82, 2.24) is 19.7 Å². The second kappa shape index (κ2) is 9.92. The van der Waals surface area contributed by atoms with E-state index in [9.17, 15) is 9.59 Å². The molecule has 0 atom stereocenters. The molecule has 4 rings (SSSR count). The summed E-state index contributed by atoms with van der Waals surface area (Å²) < 4.78 is 6.84. The van der Waals surface area contributed by atoms with Crippen LogP contribution in [0.5, 0.6) is 0 Å². The third-order valence-electron chi connectivity index (χ3n) is 5.39. The maximum atomic E-state index is 13.2. The highest BCUT2D eigenvalue weighted by atomic mass is 16.5. The Morgan fingerprint density at radius 2 is 1.94 bits per heavy atom. The van der Waals surface area contributed by atoms with Gasteiger partial charge in [-0.1, -0.05) is 12.0 Å². The number of hydrogen-bond acceptors (Lipinski definition) is 5. The van der Waals surface area contributed by atoms with Crippen molar-refractivity contribution in [2.75, 3.05) is 19.7 Å². The molecule has 0 aliphatic carbocycles. The van der Waals surface area contributed by atoms with E-state index < -0.39 is 0 Å². The van der Waals surface area contributed by atoms with Crippen LogP contribution in [-0.2, 0) is 9.53 Å². The summed E-state index contributed by atoms with van der Waals surface area (Å²) in [6.45, 7) is 3.23. The first-order valence-electron chi connectivity index (χ1n) is 10.7. The number of nitrogens with zero attached hydrogens (tertiary/aromatic N) is 4. The summed E-state index contributed by atoms with van der Waals surface area (Å²) in [6.07, 6.45) is 6.45. The largest absolute Gasteiger partial charge is 0.466 e. The molecule has 7 nitrogen and oxygen atoms in total. The lowest BCUT2D eigenvalue weighted by Crippen LogP contribution is -2.40. The minimum absolute atomic E-state index is 0.0692. The zero-order valence-corrected chi connectivity index (χ0v) is 17.9. The predicted octanol–water partition coefficient (Wildman–Crippen LogP) is 3.08. The van der Waals surface area contributed by atoms with Gasteiger partial charge in [0.05, 0.1) is 23.8 Å². The molecule has 7 heteroatoms. The summed E-state index contributed by atoms with van der Waals surface area (Å²) in [5, 5.41) is 4.30. The molecule has 3 heterocycles. The molecule has 0 radical (unpaired) electrons. The summed E-state index contributed by atoms with van der Waals surface area (Å²) >= 11 is 0. The van der Waals surface area contributed by atoms with Crippen molar-refractivity contribution in [3.63, 3.8) is 0 Å². The fraction of sp³-hybridized carbons (Fsp3) is 0.280. The van der Waals surface area contributed by atoms with E-state index in [1.165, 1.54) is 0 Å². The number of ether oxygens (including phenoxy) is 1. The van der Waals surface area contributed by atoms with E-state index in [2.05, 4.69) is 21.9 Å². The Balaban J connectivity index is 1.57. The number of hydrogen-bond donors (Lipinski definition) is 0. The molecule has 1 saturated heterocycles. The zero-order chi connectivity index (χ0) is 22.3. The quantitative estimate of drug-likeness (QED) is 0.471. The van der Waals surface area contributed by atoms with E-state index in [1.54, 1.807) is 41.0 Å². The fourth-order valence-electron chi connectivity index (χ4n) is 3.71. The van der Waals surface area contributed by atoms with Gasteiger partial charge in [-0.05, 0) is 62.1 Å². The standard InChI is InChI=1S/C25H24N4O3/c1-2-32-25(31)19-11-16-28(17-12-19)24(30)21-8-10-23(29-15-5-14-27-29)20(18-21)7-9-22-6-3-4-13-26-22/h3-6,8,10,13-15,18-19H,2,11-12,16-17H2,1H3. The SMILES string of the molecule is CCOC(=O)C1CCN(C(=O)c2ccc(-n3cccn3)c(C#Cc3ccccn3)c2)CC1. The Bertz CT molecular complexity index is 1140. The first-order valence-corrected chi connectivity index (χ1v) is 10.7. The summed E-state index contributed by atoms with van der Waals surface area (Å²) in [6, 6.07) is 12.8. The van der Waals surface area contributed by atoms with Crippen molar-refractivity contribution in [3.05, 3.63) is 77.9 Å². The Morgan fingerprint density at radius 3 is 2.62 bits per heavy atom. The summed E-state index contributed by atoms with van der Waals surface area (Å²) in [5.74, 6) is 5.83. The smallest absolute Gasteiger partial charge is 0.309 e. The molecule has 1 aliphatic rings. The molecule has 3 aromatic rings. The van der Waals surface area contributed by atoms with Crippen molar-refractivity contribution >= 4 is 11.9 Å². The Labute approximate surface area is 187 Å². The number of aromatic nitrogens is 3. The van der Waals surface area contributed by atoms with Crippen LogP contribution in [0.3, 0.4) is 0 Å². The Hall–Kier alpha value is -3.92. The lowest BCUT2D eigenvalue weighted by molar-refractivity contribution is -0.149. The average Bonchev–Trinajstić information content (AvgIpc) is 3.38. The van der Waals surface area contributed by atoms with Crippen LogP contribution >= 0.6 is 0 Å². The van der Waals surface area contributed by atoms with Crippen molar-refractivity contribution in [1.29, 1.82) is 0 Å². The number of carbonyl (C=O) groups excluding carboxylic acids is 2. The highest BCUT2D eigenvalue weighted by molar-refractivity contribution is 5.95. The van der Waals surface area contributed by atoms with Gasteiger partial charge >= 0.3 is 5.97 Å². The van der Waals surface area contributed by atoms with Crippen LogP contribution < -0.4 is 0 Å². The molecule has 2 aromatic heterocycles. The minimum Gasteiger partial charge on any atom is -0.466 e. The van der Waals surface area contributed by atoms with Crippen LogP contribution in [-0.4, -0.2) is 51.2 Å². The molecular weight excluding hydrogens is 404 g/mol. The predicted molar refractivity (Wildman–Crippen MR) is 119 cm³/mol. The molecule has 32 heavy (non-hydrogen) atoms. The van der Waals surface area contributed by atoms with Gasteiger partial charge in [0, 0.05) is 37.2 Å². The van der Waals surface area contributed by atoms with Crippen LogP contribution in [0.4, 0.5) is 0 Å². The number of rotatable bonds is 4. The Morgan fingerprint density at radius 1 is 1.09 bits per heavy atom. The molecule has 0 bridgehead atoms. The molecule has 1 fully saturated rings. The van der Waals surface area contributed by atoms with Crippen LogP contribution in [0.25, 0.3) is 5.69 Å². The van der Waals surface area contributed by atoms with Gasteiger partial charge < -0.3 is 9.64 Å². The second-order valence-electron chi connectivity index (χ2n) is 7.47. The first kappa shape index (κ1) is 21.3. The van der Waals surface area contributed by atoms with E-state index in [-0.39, 0.29) is 17.8 Å². The third kappa shape index (κ3) is 4.86. The average molecular weight is 428 g/mol. The number of carbonyl (C=O) groups is 2. The maximum Gasteiger partial charge on any atom is 0.309 e. The van der Waals surface area contributed by atoms with E-state index in [1.807, 2.05) is 36.5 Å². The van der Waals surface area contributed by atoms with Gasteiger partial charge in [0.1, 0.15) is 5.69 Å². The lowest BCUT2D eigenvalue weighted by Gasteiger charge is -2.31. The van der Waals surface area contributed by atoms with Crippen molar-refractivity contribution in [3.8, 4) is 17.5 Å². The molecule has 1 aliphatic heterocycles. The molecule has 0 unspecified atom stereocenters. The highest BCUT2D eigenvalue weighted by Crippen LogP contribution is 2.22. The summed E-state index contributed by atoms with van der Waals surface area (Å²) in [7, 11) is 0. The van der Waals surface area contributed by atoms with Crippen molar-refractivity contribution < 1.29 is 14.3 Å². The monoisotopic (exact) mass is 428 g/mol. The topological polar surface area (TPSA) is 77.3 Å². The van der Waals surface area contributed by atoms with Gasteiger partial charge in [-0.3, -0.25) is 9.59 Å². The number of piperidine rings is 1. The number of likely N-dealkylation sites (tertiary alicyclic amines) is 1. The van der Waals surface area contributed by atoms with E-state index >= 15 is 0 Å². The molecule has 162 valence electrons. The van der Waals surface area contributed by atoms with Crippen LogP contribution in [0, 0.1) is 17.8 Å². The van der Waals surface area contributed by atoms with Gasteiger partial charge in [0.2, 0.25) is 0 Å². The summed E-state index contributed by atoms with van der Waals surface area (Å²) in [5.41, 5.74) is 2.68. The van der Waals surface area contributed by atoms with Crippen LogP contribution in [0.2, 0.25) is 0 Å². The van der Waals surface area contributed by atoms with Gasteiger partial charge in [0.15, 0.2) is 0 Å². The van der Waals surface area contributed by atoms with Crippen molar-refractivity contribution in [2.45, 2.75) is 19.8 Å². The minimum atomic E-state index is -0.171. The van der Waals surface area contributed by atoms with Gasteiger partial charge in [-0.2, -0.15) is 5.10 Å². The molecule has 1 aromatic carbocycles. The third-order valence-corrected chi connectivity index (χ3v) is 5.39. The zero-order valence-electron chi connectivity index (χ0n) is 17.9. The molecule has 0 spiro atoms. The Kier molecular flexibility index (Phi) is 6.61. The summed E-state index contributed by atoms with van der Waals surface area (Å²) in [4.78, 5) is 31.2. The van der Waals surface area contributed by atoms with Crippen LogP contribution in [0.1, 0.15) is 41.4 Å². The van der Waals surface area contributed by atoms with E-state index in [0.717, 1.165) is 5.69 Å². The lowest BCUT2D eigenvalue weighted by atomic mass is 9.96. The fourth-order valence-corrected chi connectivity index (χ4v) is 3.71. The van der Waals surface area contributed by atoms with E-state index in [0.29, 0.717) is 49.4 Å². The molecule has 1 amide bonds. The van der Waals surface area contributed by atoms with Crippen LogP contribution in [0.15, 0.2) is 61.1 Å².